The second-order valence-electron chi connectivity index (χ2n) is 15.5. The number of halogens is 1. The molecule has 5 atom stereocenters. The minimum Gasteiger partial charge on any atom is -0.494 e. The van der Waals surface area contributed by atoms with Crippen molar-refractivity contribution in [3.8, 4) is 5.75 Å². The first-order valence-corrected chi connectivity index (χ1v) is 21.6. The highest BCUT2D eigenvalue weighted by Gasteiger charge is 2.42. The van der Waals surface area contributed by atoms with Gasteiger partial charge >= 0.3 is 11.9 Å². The first-order chi connectivity index (χ1) is 25.8. The van der Waals surface area contributed by atoms with Crippen LogP contribution in [0.4, 0.5) is 0 Å². The number of benzene rings is 1. The Morgan fingerprint density at radius 1 is 0.887 bits per heavy atom. The zero-order valence-corrected chi connectivity index (χ0v) is 33.8. The average molecular weight is 760 g/mol. The van der Waals surface area contributed by atoms with Crippen molar-refractivity contribution in [1.82, 2.24) is 0 Å². The maximum Gasteiger partial charge on any atom is 0.338 e. The van der Waals surface area contributed by atoms with E-state index in [1.54, 1.807) is 18.2 Å². The fourth-order valence-corrected chi connectivity index (χ4v) is 8.31. The number of allylic oxidation sites excluding steroid dienone is 2. The number of alkyl halides is 1. The van der Waals surface area contributed by atoms with Crippen molar-refractivity contribution in [1.29, 1.82) is 0 Å². The summed E-state index contributed by atoms with van der Waals surface area (Å²) in [5.41, 5.74) is 0.488. The molecule has 3 rings (SSSR count). The van der Waals surface area contributed by atoms with Crippen LogP contribution in [0.15, 0.2) is 48.6 Å². The Kier molecular flexibility index (Phi) is 22.5. The fourth-order valence-electron chi connectivity index (χ4n) is 7.86. The third-order valence-corrected chi connectivity index (χ3v) is 12.1. The molecule has 2 N–H and O–H groups in total. The maximum atomic E-state index is 12.5. The third-order valence-electron chi connectivity index (χ3n) is 11.6. The summed E-state index contributed by atoms with van der Waals surface area (Å²) in [5.74, 6) is -0.0232. The monoisotopic (exact) mass is 758 g/mol. The molecule has 300 valence electrons. The number of hydrogen-bond donors (Lipinski definition) is 2. The van der Waals surface area contributed by atoms with Crippen molar-refractivity contribution in [2.24, 2.45) is 17.3 Å². The summed E-state index contributed by atoms with van der Waals surface area (Å²) in [5, 5.41) is 21.3. The maximum absolute atomic E-state index is 12.5. The predicted octanol–water partition coefficient (Wildman–Crippen LogP) is 11.1. The van der Waals surface area contributed by atoms with Gasteiger partial charge in [0.05, 0.1) is 24.4 Å². The quantitative estimate of drug-likeness (QED) is 0.0363. The lowest BCUT2D eigenvalue weighted by Gasteiger charge is -2.45. The SMILES string of the molecule is CCCCCCCCCCCCCCOc1cccc(C(=O)OCCOC(=O)CCC/C=C\C[C@@H]2[C@H](/C=C/C[C@H](O)C3(CC)CCC3)[C@H](O)C[C@@H]2Cl)c1. The topological polar surface area (TPSA) is 102 Å². The van der Waals surface area contributed by atoms with Crippen LogP contribution in [0.25, 0.3) is 0 Å². The van der Waals surface area contributed by atoms with Gasteiger partial charge in [0.25, 0.3) is 0 Å². The molecule has 53 heavy (non-hydrogen) atoms. The summed E-state index contributed by atoms with van der Waals surface area (Å²) in [4.78, 5) is 24.7. The highest BCUT2D eigenvalue weighted by Crippen LogP contribution is 2.48. The second kappa shape index (κ2) is 26.5. The highest BCUT2D eigenvalue weighted by atomic mass is 35.5. The molecule has 0 radical (unpaired) electrons. The Balaban J connectivity index is 1.20. The van der Waals surface area contributed by atoms with E-state index < -0.39 is 12.1 Å². The minimum atomic E-state index is -0.472. The molecule has 0 unspecified atom stereocenters. The van der Waals surface area contributed by atoms with Crippen molar-refractivity contribution >= 4 is 23.5 Å². The van der Waals surface area contributed by atoms with Gasteiger partial charge in [-0.1, -0.05) is 121 Å². The number of carbonyl (C=O) groups is 2. The first kappa shape index (κ1) is 45.0. The number of aliphatic hydroxyl groups excluding tert-OH is 2. The van der Waals surface area contributed by atoms with Crippen molar-refractivity contribution in [2.45, 2.75) is 173 Å². The van der Waals surface area contributed by atoms with E-state index >= 15 is 0 Å². The number of ether oxygens (including phenoxy) is 3. The molecule has 0 bridgehead atoms. The van der Waals surface area contributed by atoms with Gasteiger partial charge in [0, 0.05) is 17.7 Å². The van der Waals surface area contributed by atoms with Crippen LogP contribution in [-0.4, -0.2) is 59.6 Å². The Bertz CT molecular complexity index is 1210. The smallest absolute Gasteiger partial charge is 0.338 e. The van der Waals surface area contributed by atoms with Crippen molar-refractivity contribution < 1.29 is 34.0 Å². The normalized spacial score (nSPS) is 21.5. The Morgan fingerprint density at radius 2 is 1.57 bits per heavy atom. The predicted molar refractivity (Wildman–Crippen MR) is 215 cm³/mol. The Morgan fingerprint density at radius 3 is 2.23 bits per heavy atom. The molecule has 2 aliphatic carbocycles. The van der Waals surface area contributed by atoms with Gasteiger partial charge in [0.15, 0.2) is 0 Å². The van der Waals surface area contributed by atoms with Crippen LogP contribution in [-0.2, 0) is 14.3 Å². The van der Waals surface area contributed by atoms with Gasteiger partial charge in [-0.2, -0.15) is 0 Å². The summed E-state index contributed by atoms with van der Waals surface area (Å²) in [6, 6.07) is 7.03. The summed E-state index contributed by atoms with van der Waals surface area (Å²) in [6.45, 7) is 5.06. The van der Waals surface area contributed by atoms with E-state index in [1.165, 1.54) is 70.6 Å². The Labute approximate surface area is 326 Å². The molecule has 2 saturated carbocycles. The molecular formula is C45H71ClO7. The molecular weight excluding hydrogens is 688 g/mol. The number of unbranched alkanes of at least 4 members (excludes halogenated alkanes) is 12. The van der Waals surface area contributed by atoms with E-state index in [2.05, 4.69) is 32.1 Å². The van der Waals surface area contributed by atoms with Gasteiger partial charge in [-0.3, -0.25) is 4.79 Å². The number of carbonyl (C=O) groups excluding carboxylic acids is 2. The molecule has 7 nitrogen and oxygen atoms in total. The van der Waals surface area contributed by atoms with E-state index in [9.17, 15) is 19.8 Å². The lowest BCUT2D eigenvalue weighted by atomic mass is 9.63. The van der Waals surface area contributed by atoms with Crippen LogP contribution in [0.2, 0.25) is 0 Å². The van der Waals surface area contributed by atoms with E-state index in [1.807, 2.05) is 12.1 Å². The third kappa shape index (κ3) is 16.9. The Hall–Kier alpha value is -2.35. The second-order valence-corrected chi connectivity index (χ2v) is 16.1. The van der Waals surface area contributed by atoms with Crippen LogP contribution in [0.5, 0.6) is 5.75 Å². The fraction of sp³-hybridized carbons (Fsp3) is 0.733. The zero-order valence-electron chi connectivity index (χ0n) is 33.0. The number of aliphatic hydroxyl groups is 2. The van der Waals surface area contributed by atoms with E-state index in [0.29, 0.717) is 37.2 Å². The molecule has 0 aliphatic heterocycles. The van der Waals surface area contributed by atoms with Crippen LogP contribution < -0.4 is 4.74 Å². The molecule has 0 spiro atoms. The van der Waals surface area contributed by atoms with Gasteiger partial charge in [-0.05, 0) is 87.3 Å². The molecule has 8 heteroatoms. The van der Waals surface area contributed by atoms with Gasteiger partial charge in [-0.25, -0.2) is 4.79 Å². The molecule has 1 aromatic carbocycles. The number of rotatable bonds is 29. The van der Waals surface area contributed by atoms with Crippen molar-refractivity contribution in [3.05, 3.63) is 54.1 Å². The molecule has 0 saturated heterocycles. The standard InChI is InChI=1S/C45H71ClO7/c1-3-5-6-7-8-9-10-11-12-13-16-19-31-51-37-24-20-23-36(34-37)44(50)53-33-32-52-43(49)28-18-15-14-17-25-38-39(41(47)35-40(38)46)26-21-27-42(48)45(4-2)29-22-30-45/h14,17,20-21,23-24,26,34,38-42,47-48H,3-13,15-16,18-19,22,25,27-33,35H2,1-2H3/b17-14-,26-21+/t38-,39+,40+,41-,42+/m1/s1. The molecule has 2 aliphatic rings. The number of hydrogen-bond acceptors (Lipinski definition) is 7. The van der Waals surface area contributed by atoms with E-state index in [-0.39, 0.29) is 54.3 Å². The van der Waals surface area contributed by atoms with Crippen LogP contribution in [0.3, 0.4) is 0 Å². The van der Waals surface area contributed by atoms with Crippen LogP contribution >= 0.6 is 11.6 Å². The summed E-state index contributed by atoms with van der Waals surface area (Å²) >= 11 is 6.62. The average Bonchev–Trinajstić information content (AvgIpc) is 3.40. The van der Waals surface area contributed by atoms with E-state index in [0.717, 1.165) is 44.9 Å². The molecule has 0 amide bonds. The van der Waals surface area contributed by atoms with Crippen molar-refractivity contribution in [2.75, 3.05) is 19.8 Å². The molecule has 1 aromatic rings. The number of esters is 2. The van der Waals surface area contributed by atoms with Gasteiger partial charge in [-0.15, -0.1) is 11.6 Å². The summed E-state index contributed by atoms with van der Waals surface area (Å²) in [6.07, 6.45) is 31.0. The summed E-state index contributed by atoms with van der Waals surface area (Å²) in [7, 11) is 0. The lowest BCUT2D eigenvalue weighted by Crippen LogP contribution is -2.40. The van der Waals surface area contributed by atoms with Crippen LogP contribution in [0.1, 0.15) is 165 Å². The zero-order chi connectivity index (χ0) is 38.2. The summed E-state index contributed by atoms with van der Waals surface area (Å²) < 4.78 is 16.5. The molecule has 0 aromatic heterocycles. The van der Waals surface area contributed by atoms with Gasteiger partial charge < -0.3 is 24.4 Å². The van der Waals surface area contributed by atoms with Crippen molar-refractivity contribution in [3.63, 3.8) is 0 Å². The molecule has 2 fully saturated rings. The molecule has 0 heterocycles. The lowest BCUT2D eigenvalue weighted by molar-refractivity contribution is -0.144. The van der Waals surface area contributed by atoms with Gasteiger partial charge in [0.1, 0.15) is 19.0 Å². The van der Waals surface area contributed by atoms with Crippen LogP contribution in [0, 0.1) is 17.3 Å². The van der Waals surface area contributed by atoms with E-state index in [4.69, 9.17) is 25.8 Å². The highest BCUT2D eigenvalue weighted by molar-refractivity contribution is 6.21. The van der Waals surface area contributed by atoms with Gasteiger partial charge in [0.2, 0.25) is 0 Å². The minimum absolute atomic E-state index is 0.00466. The largest absolute Gasteiger partial charge is 0.494 e. The first-order valence-electron chi connectivity index (χ1n) is 21.2.